The van der Waals surface area contributed by atoms with E-state index in [1.807, 2.05) is 9.80 Å². The van der Waals surface area contributed by atoms with Gasteiger partial charge in [-0.05, 0) is 27.2 Å². The first kappa shape index (κ1) is 14.3. The number of nitrogens with one attached hydrogen (secondary N) is 1. The van der Waals surface area contributed by atoms with Gasteiger partial charge in [0.2, 0.25) is 11.8 Å². The van der Waals surface area contributed by atoms with Crippen molar-refractivity contribution in [1.29, 1.82) is 0 Å². The standard InChI is InChI=1S/C14H25N3O2/c1-14(2,3)15-7-6-12(18)16-8-9-17-11(10-16)4-5-13(17)19/h11,15H,4-10H2,1-3H3. The highest BCUT2D eigenvalue weighted by Gasteiger charge is 2.36. The smallest absolute Gasteiger partial charge is 0.223 e. The number of piperazine rings is 1. The molecule has 2 aliphatic rings. The van der Waals surface area contributed by atoms with Crippen molar-refractivity contribution in [2.45, 2.75) is 51.6 Å². The minimum atomic E-state index is 0.0524. The molecule has 2 saturated heterocycles. The summed E-state index contributed by atoms with van der Waals surface area (Å²) >= 11 is 0. The Morgan fingerprint density at radius 1 is 1.37 bits per heavy atom. The van der Waals surface area contributed by atoms with Crippen molar-refractivity contribution < 1.29 is 9.59 Å². The Bertz CT molecular complexity index is 362. The van der Waals surface area contributed by atoms with Gasteiger partial charge >= 0.3 is 0 Å². The van der Waals surface area contributed by atoms with Crippen molar-refractivity contribution in [3.8, 4) is 0 Å². The first-order valence-electron chi connectivity index (χ1n) is 7.19. The molecule has 0 bridgehead atoms. The van der Waals surface area contributed by atoms with E-state index < -0.39 is 0 Å². The van der Waals surface area contributed by atoms with Crippen molar-refractivity contribution in [2.24, 2.45) is 0 Å². The Labute approximate surface area is 115 Å². The summed E-state index contributed by atoms with van der Waals surface area (Å²) in [6.07, 6.45) is 2.10. The molecular formula is C14H25N3O2. The number of nitrogens with zero attached hydrogens (tertiary/aromatic N) is 2. The molecule has 5 heteroatoms. The van der Waals surface area contributed by atoms with Gasteiger partial charge in [0, 0.05) is 50.6 Å². The SMILES string of the molecule is CC(C)(C)NCCC(=O)N1CCN2C(=O)CCC2C1. The van der Waals surface area contributed by atoms with Crippen LogP contribution in [0, 0.1) is 0 Å². The van der Waals surface area contributed by atoms with Crippen LogP contribution < -0.4 is 5.32 Å². The molecule has 19 heavy (non-hydrogen) atoms. The van der Waals surface area contributed by atoms with Crippen LogP contribution in [0.15, 0.2) is 0 Å². The molecule has 2 fully saturated rings. The van der Waals surface area contributed by atoms with Crippen LogP contribution in [-0.4, -0.2) is 59.4 Å². The number of carbonyl (C=O) groups excluding carboxylic acids is 2. The molecule has 1 N–H and O–H groups in total. The summed E-state index contributed by atoms with van der Waals surface area (Å²) in [5.41, 5.74) is 0.0524. The summed E-state index contributed by atoms with van der Waals surface area (Å²) in [4.78, 5) is 27.6. The second-order valence-electron chi connectivity index (χ2n) is 6.55. The summed E-state index contributed by atoms with van der Waals surface area (Å²) in [5.74, 6) is 0.460. The molecule has 0 spiro atoms. The van der Waals surface area contributed by atoms with Gasteiger partial charge in [-0.3, -0.25) is 9.59 Å². The number of amides is 2. The van der Waals surface area contributed by atoms with E-state index in [9.17, 15) is 9.59 Å². The Morgan fingerprint density at radius 3 is 2.79 bits per heavy atom. The molecule has 0 aromatic heterocycles. The fraction of sp³-hybridized carbons (Fsp3) is 0.857. The van der Waals surface area contributed by atoms with Gasteiger partial charge < -0.3 is 15.1 Å². The summed E-state index contributed by atoms with van der Waals surface area (Å²) in [5, 5.41) is 3.33. The maximum atomic E-state index is 12.1. The minimum absolute atomic E-state index is 0.0524. The van der Waals surface area contributed by atoms with E-state index in [0.29, 0.717) is 32.5 Å². The van der Waals surface area contributed by atoms with Gasteiger partial charge in [0.15, 0.2) is 0 Å². The topological polar surface area (TPSA) is 52.7 Å². The van der Waals surface area contributed by atoms with Gasteiger partial charge in [-0.15, -0.1) is 0 Å². The van der Waals surface area contributed by atoms with Crippen molar-refractivity contribution in [3.05, 3.63) is 0 Å². The van der Waals surface area contributed by atoms with Crippen LogP contribution in [0.25, 0.3) is 0 Å². The van der Waals surface area contributed by atoms with Crippen molar-refractivity contribution >= 4 is 11.8 Å². The predicted molar refractivity (Wildman–Crippen MR) is 73.7 cm³/mol. The fourth-order valence-electron chi connectivity index (χ4n) is 2.79. The zero-order chi connectivity index (χ0) is 14.0. The van der Waals surface area contributed by atoms with Gasteiger partial charge in [0.1, 0.15) is 0 Å². The number of rotatable bonds is 3. The van der Waals surface area contributed by atoms with E-state index in [0.717, 1.165) is 13.0 Å². The zero-order valence-electron chi connectivity index (χ0n) is 12.2. The average molecular weight is 267 g/mol. The summed E-state index contributed by atoms with van der Waals surface area (Å²) in [7, 11) is 0. The van der Waals surface area contributed by atoms with Crippen LogP contribution >= 0.6 is 0 Å². The first-order valence-corrected chi connectivity index (χ1v) is 7.19. The number of hydrogen-bond donors (Lipinski definition) is 1. The molecular weight excluding hydrogens is 242 g/mol. The third-order valence-corrected chi connectivity index (χ3v) is 3.84. The molecule has 2 heterocycles. The number of fused-ring (bicyclic) bond motifs is 1. The van der Waals surface area contributed by atoms with E-state index in [1.165, 1.54) is 0 Å². The maximum absolute atomic E-state index is 12.1. The third kappa shape index (κ3) is 3.69. The Kier molecular flexibility index (Phi) is 4.13. The molecule has 108 valence electrons. The first-order chi connectivity index (χ1) is 8.87. The van der Waals surface area contributed by atoms with Gasteiger partial charge in [-0.1, -0.05) is 0 Å². The molecule has 0 aromatic rings. The normalized spacial score (nSPS) is 23.7. The highest BCUT2D eigenvalue weighted by molar-refractivity contribution is 5.80. The Hall–Kier alpha value is -1.10. The minimum Gasteiger partial charge on any atom is -0.339 e. The molecule has 2 amide bonds. The summed E-state index contributed by atoms with van der Waals surface area (Å²) < 4.78 is 0. The van der Waals surface area contributed by atoms with Crippen molar-refractivity contribution in [2.75, 3.05) is 26.2 Å². The molecule has 2 rings (SSSR count). The molecule has 1 unspecified atom stereocenters. The molecule has 1 atom stereocenters. The molecule has 0 saturated carbocycles. The number of carbonyl (C=O) groups is 2. The van der Waals surface area contributed by atoms with Crippen LogP contribution in [0.3, 0.4) is 0 Å². The average Bonchev–Trinajstić information content (AvgIpc) is 2.69. The van der Waals surface area contributed by atoms with Crippen LogP contribution in [0.1, 0.15) is 40.0 Å². The van der Waals surface area contributed by atoms with Gasteiger partial charge in [-0.25, -0.2) is 0 Å². The van der Waals surface area contributed by atoms with E-state index in [4.69, 9.17) is 0 Å². The van der Waals surface area contributed by atoms with Gasteiger partial charge in [-0.2, -0.15) is 0 Å². The highest BCUT2D eigenvalue weighted by Crippen LogP contribution is 2.23. The van der Waals surface area contributed by atoms with E-state index in [2.05, 4.69) is 26.1 Å². The second-order valence-corrected chi connectivity index (χ2v) is 6.55. The lowest BCUT2D eigenvalue weighted by Gasteiger charge is -2.37. The number of hydrogen-bond acceptors (Lipinski definition) is 3. The van der Waals surface area contributed by atoms with Gasteiger partial charge in [0.05, 0.1) is 0 Å². The lowest BCUT2D eigenvalue weighted by Crippen LogP contribution is -2.53. The van der Waals surface area contributed by atoms with Crippen LogP contribution in [0.5, 0.6) is 0 Å². The fourth-order valence-corrected chi connectivity index (χ4v) is 2.79. The summed E-state index contributed by atoms with van der Waals surface area (Å²) in [6.45, 7) is 9.13. The van der Waals surface area contributed by atoms with Gasteiger partial charge in [0.25, 0.3) is 0 Å². The van der Waals surface area contributed by atoms with Crippen LogP contribution in [0.2, 0.25) is 0 Å². The molecule has 2 aliphatic heterocycles. The maximum Gasteiger partial charge on any atom is 0.223 e. The monoisotopic (exact) mass is 267 g/mol. The lowest BCUT2D eigenvalue weighted by molar-refractivity contribution is -0.139. The van der Waals surface area contributed by atoms with Crippen LogP contribution in [-0.2, 0) is 9.59 Å². The van der Waals surface area contributed by atoms with E-state index in [-0.39, 0.29) is 23.4 Å². The quantitative estimate of drug-likeness (QED) is 0.814. The van der Waals surface area contributed by atoms with E-state index >= 15 is 0 Å². The van der Waals surface area contributed by atoms with Crippen LogP contribution in [0.4, 0.5) is 0 Å². The van der Waals surface area contributed by atoms with Crippen molar-refractivity contribution in [3.63, 3.8) is 0 Å². The summed E-state index contributed by atoms with van der Waals surface area (Å²) in [6, 6.07) is 0.265. The molecule has 5 nitrogen and oxygen atoms in total. The lowest BCUT2D eigenvalue weighted by atomic mass is 10.1. The third-order valence-electron chi connectivity index (χ3n) is 3.84. The largest absolute Gasteiger partial charge is 0.339 e. The Morgan fingerprint density at radius 2 is 2.11 bits per heavy atom. The second kappa shape index (κ2) is 5.49. The molecule has 0 aromatic carbocycles. The molecule has 0 aliphatic carbocycles. The van der Waals surface area contributed by atoms with E-state index in [1.54, 1.807) is 0 Å². The molecule has 0 radical (unpaired) electrons. The van der Waals surface area contributed by atoms with Crippen molar-refractivity contribution in [1.82, 2.24) is 15.1 Å². The predicted octanol–water partition coefficient (Wildman–Crippen LogP) is 0.598. The highest BCUT2D eigenvalue weighted by atomic mass is 16.2. The Balaban J connectivity index is 1.77. The zero-order valence-corrected chi connectivity index (χ0v) is 12.2.